The van der Waals surface area contributed by atoms with Gasteiger partial charge in [0.05, 0.1) is 0 Å². The Morgan fingerprint density at radius 3 is 2.67 bits per heavy atom. The van der Waals surface area contributed by atoms with Gasteiger partial charge in [0.2, 0.25) is 0 Å². The smallest absolute Gasteiger partial charge is 0.0458 e. The van der Waals surface area contributed by atoms with Crippen LogP contribution >= 0.6 is 0 Å². The molecule has 0 unspecified atom stereocenters. The Bertz CT molecular complexity index is 92.3. The van der Waals surface area contributed by atoms with Crippen molar-refractivity contribution >= 4 is 0 Å². The standard InChI is InChI=1S/C6H7/c1-6-4-2-3-5-6/h2,4H2,1H3. The Kier molecular flexibility index (Phi) is 0.837. The lowest BCUT2D eigenvalue weighted by Crippen LogP contribution is -1.75. The molecule has 0 bridgehead atoms. The largest absolute Gasteiger partial charge is 0.103 e. The Labute approximate surface area is 38.6 Å². The Balaban J connectivity index is 2.45. The van der Waals surface area contributed by atoms with Crippen LogP contribution in [-0.4, -0.2) is 0 Å². The van der Waals surface area contributed by atoms with Crippen molar-refractivity contribution < 1.29 is 0 Å². The minimum Gasteiger partial charge on any atom is -0.103 e. The first-order valence-corrected chi connectivity index (χ1v) is 2.21. The molecule has 0 aromatic carbocycles. The lowest BCUT2D eigenvalue weighted by molar-refractivity contribution is 0.963. The first-order chi connectivity index (χ1) is 2.89. The molecule has 1 aliphatic carbocycles. The Hall–Kier alpha value is -0.440. The van der Waals surface area contributed by atoms with Crippen LogP contribution in [0, 0.1) is 17.8 Å². The van der Waals surface area contributed by atoms with E-state index in [2.05, 4.69) is 18.8 Å². The molecule has 0 saturated heterocycles. The Morgan fingerprint density at radius 2 is 2.50 bits per heavy atom. The molecule has 0 N–H and O–H groups in total. The van der Waals surface area contributed by atoms with Gasteiger partial charge < -0.3 is 0 Å². The highest BCUT2D eigenvalue weighted by Gasteiger charge is 1.99. The quantitative estimate of drug-likeness (QED) is 0.385. The molecule has 1 aliphatic rings. The maximum absolute atomic E-state index is 2.99. The van der Waals surface area contributed by atoms with Gasteiger partial charge in [-0.25, -0.2) is 0 Å². The molecular formula is C6H7. The zero-order valence-electron chi connectivity index (χ0n) is 3.91. The van der Waals surface area contributed by atoms with Gasteiger partial charge in [0.25, 0.3) is 0 Å². The summed E-state index contributed by atoms with van der Waals surface area (Å²) in [5, 5.41) is 0. The molecule has 0 spiro atoms. The van der Waals surface area contributed by atoms with E-state index in [1.807, 2.05) is 0 Å². The van der Waals surface area contributed by atoms with Gasteiger partial charge in [-0.05, 0) is 13.3 Å². The number of rotatable bonds is 0. The predicted molar refractivity (Wildman–Crippen MR) is 25.9 cm³/mol. The normalized spacial score (nSPS) is 20.2. The average molecular weight is 79.1 g/mol. The third-order valence-corrected chi connectivity index (χ3v) is 0.927. The fourth-order valence-electron chi connectivity index (χ4n) is 0.526. The van der Waals surface area contributed by atoms with Gasteiger partial charge in [0.15, 0.2) is 0 Å². The van der Waals surface area contributed by atoms with Gasteiger partial charge >= 0.3 is 0 Å². The van der Waals surface area contributed by atoms with Crippen molar-refractivity contribution in [3.8, 4) is 11.8 Å². The van der Waals surface area contributed by atoms with Crippen molar-refractivity contribution in [2.75, 3.05) is 0 Å². The lowest BCUT2D eigenvalue weighted by Gasteiger charge is -1.85. The highest BCUT2D eigenvalue weighted by atomic mass is 14.0. The summed E-state index contributed by atoms with van der Waals surface area (Å²) < 4.78 is 0. The molecule has 6 heavy (non-hydrogen) atoms. The molecule has 0 atom stereocenters. The third kappa shape index (κ3) is 0.542. The van der Waals surface area contributed by atoms with Crippen LogP contribution in [0.2, 0.25) is 0 Å². The van der Waals surface area contributed by atoms with E-state index >= 15 is 0 Å². The van der Waals surface area contributed by atoms with Gasteiger partial charge in [-0.15, -0.1) is 5.92 Å². The van der Waals surface area contributed by atoms with Crippen molar-refractivity contribution in [2.45, 2.75) is 19.8 Å². The summed E-state index contributed by atoms with van der Waals surface area (Å²) >= 11 is 0. The van der Waals surface area contributed by atoms with Crippen molar-refractivity contribution in [2.24, 2.45) is 0 Å². The molecule has 1 rings (SSSR count). The van der Waals surface area contributed by atoms with E-state index < -0.39 is 0 Å². The molecule has 0 aliphatic heterocycles. The minimum absolute atomic E-state index is 1.09. The van der Waals surface area contributed by atoms with Crippen LogP contribution in [0.1, 0.15) is 19.8 Å². The number of hydrogen-bond acceptors (Lipinski definition) is 0. The monoisotopic (exact) mass is 79.1 g/mol. The molecule has 1 radical (unpaired) electrons. The second-order valence-electron chi connectivity index (χ2n) is 1.58. The van der Waals surface area contributed by atoms with Crippen molar-refractivity contribution in [1.29, 1.82) is 0 Å². The van der Waals surface area contributed by atoms with Crippen LogP contribution < -0.4 is 0 Å². The van der Waals surface area contributed by atoms with E-state index in [1.165, 1.54) is 12.3 Å². The SMILES string of the molecule is C[C]1C#CCC1. The van der Waals surface area contributed by atoms with Crippen molar-refractivity contribution in [3.63, 3.8) is 0 Å². The summed E-state index contributed by atoms with van der Waals surface area (Å²) in [4.78, 5) is 0. The minimum atomic E-state index is 1.09. The van der Waals surface area contributed by atoms with Crippen LogP contribution in [0.3, 0.4) is 0 Å². The molecule has 0 heteroatoms. The zero-order valence-corrected chi connectivity index (χ0v) is 3.91. The van der Waals surface area contributed by atoms with E-state index in [9.17, 15) is 0 Å². The number of hydrogen-bond donors (Lipinski definition) is 0. The van der Waals surface area contributed by atoms with Crippen molar-refractivity contribution in [3.05, 3.63) is 5.92 Å². The molecule has 0 fully saturated rings. The summed E-state index contributed by atoms with van der Waals surface area (Å²) in [6.45, 7) is 2.08. The summed E-state index contributed by atoms with van der Waals surface area (Å²) in [6, 6.07) is 0. The van der Waals surface area contributed by atoms with Crippen molar-refractivity contribution in [1.82, 2.24) is 0 Å². The summed E-state index contributed by atoms with van der Waals surface area (Å²) in [5.41, 5.74) is 0. The van der Waals surface area contributed by atoms with Gasteiger partial charge in [-0.2, -0.15) is 0 Å². The summed E-state index contributed by atoms with van der Waals surface area (Å²) in [7, 11) is 0. The summed E-state index contributed by atoms with van der Waals surface area (Å²) in [5.74, 6) is 7.31. The van der Waals surface area contributed by atoms with Crippen LogP contribution in [0.5, 0.6) is 0 Å². The first kappa shape index (κ1) is 3.74. The highest BCUT2D eigenvalue weighted by molar-refractivity contribution is 5.25. The molecule has 0 nitrogen and oxygen atoms in total. The zero-order chi connectivity index (χ0) is 4.41. The second kappa shape index (κ2) is 1.34. The molecule has 0 heterocycles. The van der Waals surface area contributed by atoms with Gasteiger partial charge in [-0.3, -0.25) is 0 Å². The van der Waals surface area contributed by atoms with E-state index in [0.717, 1.165) is 6.42 Å². The van der Waals surface area contributed by atoms with E-state index in [0.29, 0.717) is 0 Å². The van der Waals surface area contributed by atoms with Gasteiger partial charge in [0.1, 0.15) is 0 Å². The lowest BCUT2D eigenvalue weighted by atomic mass is 10.2. The van der Waals surface area contributed by atoms with E-state index in [4.69, 9.17) is 0 Å². The topological polar surface area (TPSA) is 0 Å². The Morgan fingerprint density at radius 1 is 1.67 bits per heavy atom. The first-order valence-electron chi connectivity index (χ1n) is 2.21. The van der Waals surface area contributed by atoms with E-state index in [-0.39, 0.29) is 0 Å². The van der Waals surface area contributed by atoms with Crippen LogP contribution in [0.15, 0.2) is 0 Å². The predicted octanol–water partition coefficient (Wildman–Crippen LogP) is 1.38. The molecule has 0 amide bonds. The molecule has 0 aromatic heterocycles. The van der Waals surface area contributed by atoms with Crippen LogP contribution in [-0.2, 0) is 0 Å². The average Bonchev–Trinajstić information content (AvgIpc) is 1.86. The van der Waals surface area contributed by atoms with Gasteiger partial charge in [0, 0.05) is 12.3 Å². The van der Waals surface area contributed by atoms with Gasteiger partial charge in [-0.1, -0.05) is 5.92 Å². The van der Waals surface area contributed by atoms with Crippen LogP contribution in [0.25, 0.3) is 0 Å². The maximum atomic E-state index is 2.99. The van der Waals surface area contributed by atoms with E-state index in [1.54, 1.807) is 0 Å². The fraction of sp³-hybridized carbons (Fsp3) is 0.500. The molecule has 31 valence electrons. The molecule has 0 aromatic rings. The fourth-order valence-corrected chi connectivity index (χ4v) is 0.526. The molecular weight excluding hydrogens is 72.1 g/mol. The molecule has 0 saturated carbocycles. The van der Waals surface area contributed by atoms with Crippen LogP contribution in [0.4, 0.5) is 0 Å². The third-order valence-electron chi connectivity index (χ3n) is 0.927. The second-order valence-corrected chi connectivity index (χ2v) is 1.58. The highest BCUT2D eigenvalue weighted by Crippen LogP contribution is 2.10. The maximum Gasteiger partial charge on any atom is 0.0458 e. The summed E-state index contributed by atoms with van der Waals surface area (Å²) in [6.07, 6.45) is 2.27.